The van der Waals surface area contributed by atoms with Crippen LogP contribution in [0.1, 0.15) is 90.2 Å². The van der Waals surface area contributed by atoms with Crippen molar-refractivity contribution in [3.63, 3.8) is 0 Å². The standard InChI is InChI=1S/C36H44N2O4/c1-35(2)19-27(37-23-25-13-7-5-8-14-25)33(31(41)21-35)29(39)17-11-12-18-30(40)34-28(20-36(3,4)22-32(34)42)38-24-26-15-9-6-10-16-26/h5-10,13-16,39-40H,11-12,17-24H2,1-4H3/b33-29-,34-30+,37-27?,38-28?. The molecular weight excluding hydrogens is 524 g/mol. The van der Waals surface area contributed by atoms with E-state index in [1.54, 1.807) is 0 Å². The summed E-state index contributed by atoms with van der Waals surface area (Å²) in [4.78, 5) is 35.8. The molecule has 2 aromatic rings. The number of benzene rings is 2. The molecule has 6 heteroatoms. The lowest BCUT2D eigenvalue weighted by Gasteiger charge is -2.31. The lowest BCUT2D eigenvalue weighted by atomic mass is 9.73. The molecule has 0 saturated heterocycles. The van der Waals surface area contributed by atoms with Crippen molar-refractivity contribution < 1.29 is 19.8 Å². The number of carbonyl (C=O) groups is 2. The van der Waals surface area contributed by atoms with E-state index in [2.05, 4.69) is 27.7 Å². The first-order valence-corrected chi connectivity index (χ1v) is 15.0. The fourth-order valence-corrected chi connectivity index (χ4v) is 5.88. The summed E-state index contributed by atoms with van der Waals surface area (Å²) in [5, 5.41) is 22.1. The quantitative estimate of drug-likeness (QED) is 0.181. The van der Waals surface area contributed by atoms with Crippen molar-refractivity contribution in [1.29, 1.82) is 0 Å². The van der Waals surface area contributed by atoms with E-state index in [0.29, 0.717) is 87.0 Å². The molecule has 0 atom stereocenters. The minimum absolute atomic E-state index is 0.0649. The van der Waals surface area contributed by atoms with Gasteiger partial charge in [0.25, 0.3) is 0 Å². The van der Waals surface area contributed by atoms with Crippen molar-refractivity contribution in [3.8, 4) is 0 Å². The van der Waals surface area contributed by atoms with Gasteiger partial charge in [-0.25, -0.2) is 0 Å². The summed E-state index contributed by atoms with van der Waals surface area (Å²) in [5.41, 5.74) is 3.71. The van der Waals surface area contributed by atoms with Gasteiger partial charge in [0.2, 0.25) is 0 Å². The van der Waals surface area contributed by atoms with Crippen LogP contribution in [0.3, 0.4) is 0 Å². The summed E-state index contributed by atoms with van der Waals surface area (Å²) in [7, 11) is 0. The Bertz CT molecular complexity index is 1300. The number of allylic oxidation sites excluding steroid dienone is 4. The van der Waals surface area contributed by atoms with Crippen molar-refractivity contribution >= 4 is 23.0 Å². The minimum atomic E-state index is -0.213. The Hall–Kier alpha value is -3.80. The van der Waals surface area contributed by atoms with E-state index in [9.17, 15) is 19.8 Å². The summed E-state index contributed by atoms with van der Waals surface area (Å²) in [6, 6.07) is 19.8. The zero-order valence-corrected chi connectivity index (χ0v) is 25.4. The molecule has 0 bridgehead atoms. The van der Waals surface area contributed by atoms with Crippen molar-refractivity contribution in [1.82, 2.24) is 0 Å². The summed E-state index contributed by atoms with van der Waals surface area (Å²) < 4.78 is 0. The molecule has 42 heavy (non-hydrogen) atoms. The van der Waals surface area contributed by atoms with Crippen LogP contribution in [0.4, 0.5) is 0 Å². The number of rotatable bonds is 9. The van der Waals surface area contributed by atoms with Gasteiger partial charge in [0, 0.05) is 37.1 Å². The Morgan fingerprint density at radius 1 is 0.619 bits per heavy atom. The number of ketones is 2. The maximum atomic E-state index is 13.1. The minimum Gasteiger partial charge on any atom is -0.511 e. The van der Waals surface area contributed by atoms with Crippen LogP contribution in [-0.4, -0.2) is 33.2 Å². The second-order valence-electron chi connectivity index (χ2n) is 13.2. The van der Waals surface area contributed by atoms with E-state index in [1.165, 1.54) is 0 Å². The zero-order chi connectivity index (χ0) is 30.3. The number of Topliss-reactive ketones (excluding diaryl/α,β-unsaturated/α-hetero) is 2. The molecule has 2 fully saturated rings. The Morgan fingerprint density at radius 2 is 0.976 bits per heavy atom. The molecule has 0 radical (unpaired) electrons. The van der Waals surface area contributed by atoms with Gasteiger partial charge in [-0.15, -0.1) is 0 Å². The highest BCUT2D eigenvalue weighted by molar-refractivity contribution is 6.25. The lowest BCUT2D eigenvalue weighted by molar-refractivity contribution is -0.118. The predicted octanol–water partition coefficient (Wildman–Crippen LogP) is 8.23. The second-order valence-corrected chi connectivity index (χ2v) is 13.2. The normalized spacial score (nSPS) is 22.9. The molecule has 2 N–H and O–H groups in total. The van der Waals surface area contributed by atoms with E-state index < -0.39 is 0 Å². The summed E-state index contributed by atoms with van der Waals surface area (Å²) in [6.45, 7) is 9.13. The largest absolute Gasteiger partial charge is 0.511 e. The first-order valence-electron chi connectivity index (χ1n) is 15.0. The SMILES string of the molecule is CC1(C)CC(=O)/C(=C(\O)CCCC/C(O)=C2\C(=O)CC(C)(C)CC2=NCc2ccccc2)C(=NCc2ccccc2)C1. The molecule has 0 aromatic heterocycles. The molecule has 2 saturated carbocycles. The van der Waals surface area contributed by atoms with Crippen LogP contribution >= 0.6 is 0 Å². The average molecular weight is 569 g/mol. The van der Waals surface area contributed by atoms with Gasteiger partial charge in [-0.1, -0.05) is 88.4 Å². The number of aliphatic imine (C=N–C) groups is 2. The van der Waals surface area contributed by atoms with E-state index in [-0.39, 0.29) is 33.9 Å². The smallest absolute Gasteiger partial charge is 0.168 e. The number of hydrogen-bond acceptors (Lipinski definition) is 6. The molecule has 0 heterocycles. The van der Waals surface area contributed by atoms with Gasteiger partial charge in [-0.3, -0.25) is 19.6 Å². The zero-order valence-electron chi connectivity index (χ0n) is 25.4. The highest BCUT2D eigenvalue weighted by Gasteiger charge is 2.37. The number of unbranched alkanes of at least 4 members (excludes halogenated alkanes) is 1. The topological polar surface area (TPSA) is 99.3 Å². The van der Waals surface area contributed by atoms with Gasteiger partial charge in [0.05, 0.1) is 24.2 Å². The molecule has 0 spiro atoms. The molecular formula is C36H44N2O4. The van der Waals surface area contributed by atoms with Crippen molar-refractivity contribution in [2.24, 2.45) is 20.8 Å². The Kier molecular flexibility index (Phi) is 9.97. The van der Waals surface area contributed by atoms with Crippen LogP contribution in [-0.2, 0) is 22.7 Å². The van der Waals surface area contributed by atoms with Crippen LogP contribution < -0.4 is 0 Å². The third-order valence-electron chi connectivity index (χ3n) is 7.95. The van der Waals surface area contributed by atoms with Crippen molar-refractivity contribution in [2.45, 2.75) is 92.2 Å². The highest BCUT2D eigenvalue weighted by Crippen LogP contribution is 2.37. The number of aliphatic hydroxyl groups excluding tert-OH is 2. The first-order chi connectivity index (χ1) is 19.9. The van der Waals surface area contributed by atoms with Crippen LogP contribution in [0.25, 0.3) is 0 Å². The molecule has 6 nitrogen and oxygen atoms in total. The van der Waals surface area contributed by atoms with Gasteiger partial charge in [-0.2, -0.15) is 0 Å². The predicted molar refractivity (Wildman–Crippen MR) is 169 cm³/mol. The summed E-state index contributed by atoms with van der Waals surface area (Å²) in [5.74, 6) is -0.0180. The maximum Gasteiger partial charge on any atom is 0.168 e. The number of carbonyl (C=O) groups excluding carboxylic acids is 2. The monoisotopic (exact) mass is 568 g/mol. The second kappa shape index (κ2) is 13.5. The number of hydrogen-bond donors (Lipinski definition) is 2. The number of nitrogens with zero attached hydrogens (tertiary/aromatic N) is 2. The molecule has 222 valence electrons. The molecule has 2 aromatic carbocycles. The van der Waals surface area contributed by atoms with Gasteiger partial charge in [-0.05, 0) is 47.6 Å². The fourth-order valence-electron chi connectivity index (χ4n) is 5.88. The summed E-state index contributed by atoms with van der Waals surface area (Å²) >= 11 is 0. The van der Waals surface area contributed by atoms with Gasteiger partial charge in [0.15, 0.2) is 11.6 Å². The van der Waals surface area contributed by atoms with E-state index >= 15 is 0 Å². The molecule has 0 aliphatic heterocycles. The summed E-state index contributed by atoms with van der Waals surface area (Å²) in [6.07, 6.45) is 3.73. The third-order valence-corrected chi connectivity index (χ3v) is 7.95. The van der Waals surface area contributed by atoms with E-state index in [1.807, 2.05) is 60.7 Å². The van der Waals surface area contributed by atoms with Crippen LogP contribution in [0.2, 0.25) is 0 Å². The third kappa shape index (κ3) is 8.37. The van der Waals surface area contributed by atoms with Crippen molar-refractivity contribution in [2.75, 3.05) is 0 Å². The maximum absolute atomic E-state index is 13.1. The molecule has 0 amide bonds. The van der Waals surface area contributed by atoms with Crippen LogP contribution in [0, 0.1) is 10.8 Å². The Balaban J connectivity index is 1.46. The molecule has 2 aliphatic rings. The average Bonchev–Trinajstić information content (AvgIpc) is 2.92. The highest BCUT2D eigenvalue weighted by atomic mass is 16.3. The van der Waals surface area contributed by atoms with Crippen LogP contribution in [0.15, 0.2) is 93.3 Å². The fraction of sp³-hybridized carbons (Fsp3) is 0.444. The molecule has 0 unspecified atom stereocenters. The van der Waals surface area contributed by atoms with Gasteiger partial charge < -0.3 is 10.2 Å². The molecule has 4 rings (SSSR count). The van der Waals surface area contributed by atoms with E-state index in [0.717, 1.165) is 11.1 Å². The Labute approximate surface area is 250 Å². The Morgan fingerprint density at radius 3 is 1.33 bits per heavy atom. The molecule has 2 aliphatic carbocycles. The van der Waals surface area contributed by atoms with E-state index in [4.69, 9.17) is 9.98 Å². The van der Waals surface area contributed by atoms with Gasteiger partial charge in [0.1, 0.15) is 11.5 Å². The van der Waals surface area contributed by atoms with Crippen molar-refractivity contribution in [3.05, 3.63) is 94.5 Å². The lowest BCUT2D eigenvalue weighted by Crippen LogP contribution is -2.33. The van der Waals surface area contributed by atoms with Gasteiger partial charge >= 0.3 is 0 Å². The first kappa shape index (κ1) is 31.1. The van der Waals surface area contributed by atoms with Crippen LogP contribution in [0.5, 0.6) is 0 Å². The number of aliphatic hydroxyl groups is 2.